The summed E-state index contributed by atoms with van der Waals surface area (Å²) < 4.78 is 0.963. The van der Waals surface area contributed by atoms with Crippen molar-refractivity contribution in [1.29, 1.82) is 0 Å². The number of amides is 2. The largest absolute Gasteiger partial charge is 0.480 e. The first-order valence-electron chi connectivity index (χ1n) is 5.72. The molecule has 0 atom stereocenters. The molecule has 0 spiro atoms. The topological polar surface area (TPSA) is 69.6 Å². The van der Waals surface area contributed by atoms with E-state index in [-0.39, 0.29) is 12.6 Å². The van der Waals surface area contributed by atoms with Crippen LogP contribution in [0, 0.1) is 3.57 Å². The minimum absolute atomic E-state index is 0.0266. The van der Waals surface area contributed by atoms with E-state index in [1.165, 1.54) is 4.90 Å². The van der Waals surface area contributed by atoms with Crippen LogP contribution in [0.25, 0.3) is 0 Å². The van der Waals surface area contributed by atoms with Crippen LogP contribution in [0.2, 0.25) is 5.02 Å². The van der Waals surface area contributed by atoms with Gasteiger partial charge in [0.1, 0.15) is 6.54 Å². The average molecular weight is 395 g/mol. The van der Waals surface area contributed by atoms with Crippen LogP contribution in [0.1, 0.15) is 12.8 Å². The minimum atomic E-state index is -1.02. The second-order valence-electron chi connectivity index (χ2n) is 4.31. The van der Waals surface area contributed by atoms with Gasteiger partial charge in [-0.15, -0.1) is 0 Å². The highest BCUT2D eigenvalue weighted by Crippen LogP contribution is 2.29. The SMILES string of the molecule is O=C(O)CN(C(=O)Nc1ccc(I)cc1Cl)C1CC1. The van der Waals surface area contributed by atoms with Crippen LogP contribution >= 0.6 is 34.2 Å². The second kappa shape index (κ2) is 5.96. The van der Waals surface area contributed by atoms with Crippen molar-refractivity contribution in [3.63, 3.8) is 0 Å². The average Bonchev–Trinajstić information content (AvgIpc) is 3.13. The van der Waals surface area contributed by atoms with Crippen LogP contribution in [0.4, 0.5) is 10.5 Å². The lowest BCUT2D eigenvalue weighted by atomic mass is 10.3. The van der Waals surface area contributed by atoms with Gasteiger partial charge in [-0.1, -0.05) is 11.6 Å². The van der Waals surface area contributed by atoms with Crippen LogP contribution < -0.4 is 5.32 Å². The number of halogens is 2. The molecule has 1 aliphatic carbocycles. The molecule has 102 valence electrons. The number of nitrogens with zero attached hydrogens (tertiary/aromatic N) is 1. The number of carboxylic acid groups (broad SMARTS) is 1. The molecule has 0 aliphatic heterocycles. The number of carbonyl (C=O) groups is 2. The Bertz CT molecular complexity index is 520. The van der Waals surface area contributed by atoms with E-state index >= 15 is 0 Å². The Kier molecular flexibility index (Phi) is 4.51. The molecule has 1 aromatic rings. The van der Waals surface area contributed by atoms with E-state index in [9.17, 15) is 9.59 Å². The zero-order valence-corrected chi connectivity index (χ0v) is 12.8. The predicted molar refractivity (Wildman–Crippen MR) is 80.6 cm³/mol. The van der Waals surface area contributed by atoms with E-state index < -0.39 is 12.0 Å². The maximum absolute atomic E-state index is 12.1. The summed E-state index contributed by atoms with van der Waals surface area (Å²) in [6.07, 6.45) is 1.70. The van der Waals surface area contributed by atoms with E-state index in [2.05, 4.69) is 27.9 Å². The Labute approximate surface area is 129 Å². The van der Waals surface area contributed by atoms with Crippen LogP contribution in [0.15, 0.2) is 18.2 Å². The zero-order valence-electron chi connectivity index (χ0n) is 9.90. The van der Waals surface area contributed by atoms with E-state index in [4.69, 9.17) is 16.7 Å². The molecule has 0 unspecified atom stereocenters. The van der Waals surface area contributed by atoms with Crippen LogP contribution in [0.3, 0.4) is 0 Å². The van der Waals surface area contributed by atoms with Gasteiger partial charge in [-0.2, -0.15) is 0 Å². The third-order valence-corrected chi connectivity index (χ3v) is 3.71. The van der Waals surface area contributed by atoms with Crippen LogP contribution in [-0.4, -0.2) is 34.6 Å². The number of hydrogen-bond donors (Lipinski definition) is 2. The fraction of sp³-hybridized carbons (Fsp3) is 0.333. The lowest BCUT2D eigenvalue weighted by Crippen LogP contribution is -2.40. The summed E-state index contributed by atoms with van der Waals surface area (Å²) in [6.45, 7) is -0.293. The summed E-state index contributed by atoms with van der Waals surface area (Å²) in [5.41, 5.74) is 0.489. The first-order valence-corrected chi connectivity index (χ1v) is 7.17. The van der Waals surface area contributed by atoms with E-state index in [1.54, 1.807) is 12.1 Å². The quantitative estimate of drug-likeness (QED) is 0.771. The Hall–Kier alpha value is -1.02. The summed E-state index contributed by atoms with van der Waals surface area (Å²) in [4.78, 5) is 24.1. The van der Waals surface area contributed by atoms with Crippen molar-refractivity contribution >= 4 is 51.9 Å². The minimum Gasteiger partial charge on any atom is -0.480 e. The van der Waals surface area contributed by atoms with Crippen molar-refractivity contribution in [3.8, 4) is 0 Å². The molecule has 1 saturated carbocycles. The van der Waals surface area contributed by atoms with Crippen molar-refractivity contribution in [2.75, 3.05) is 11.9 Å². The Balaban J connectivity index is 2.07. The van der Waals surface area contributed by atoms with E-state index in [0.717, 1.165) is 16.4 Å². The van der Waals surface area contributed by atoms with Gasteiger partial charge in [0.25, 0.3) is 0 Å². The van der Waals surface area contributed by atoms with Crippen LogP contribution in [-0.2, 0) is 4.79 Å². The normalized spacial score (nSPS) is 14.0. The molecular formula is C12H12ClIN2O3. The van der Waals surface area contributed by atoms with E-state index in [0.29, 0.717) is 10.7 Å². The Morgan fingerprint density at radius 3 is 2.68 bits per heavy atom. The first kappa shape index (κ1) is 14.4. The molecular weight excluding hydrogens is 383 g/mol. The molecule has 2 N–H and O–H groups in total. The molecule has 0 saturated heterocycles. The molecule has 7 heteroatoms. The van der Waals surface area contributed by atoms with Crippen molar-refractivity contribution in [2.24, 2.45) is 0 Å². The molecule has 0 radical (unpaired) electrons. The number of urea groups is 1. The number of rotatable bonds is 4. The molecule has 1 fully saturated rings. The molecule has 1 aliphatic rings. The van der Waals surface area contributed by atoms with E-state index in [1.807, 2.05) is 6.07 Å². The summed E-state index contributed by atoms with van der Waals surface area (Å²) in [5, 5.41) is 11.9. The third-order valence-electron chi connectivity index (χ3n) is 2.73. The number of anilines is 1. The maximum atomic E-state index is 12.1. The number of benzene rings is 1. The van der Waals surface area contributed by atoms with Gasteiger partial charge in [0.2, 0.25) is 0 Å². The number of nitrogens with one attached hydrogen (secondary N) is 1. The molecule has 2 amide bonds. The zero-order chi connectivity index (χ0) is 14.0. The number of aliphatic carboxylic acids is 1. The summed E-state index contributed by atoms with van der Waals surface area (Å²) in [5.74, 6) is -1.02. The molecule has 0 bridgehead atoms. The first-order chi connectivity index (χ1) is 8.97. The van der Waals surface area contributed by atoms with Crippen molar-refractivity contribution in [1.82, 2.24) is 4.90 Å². The number of carbonyl (C=O) groups excluding carboxylic acids is 1. The van der Waals surface area contributed by atoms with Gasteiger partial charge in [-0.25, -0.2) is 4.79 Å². The van der Waals surface area contributed by atoms with Crippen molar-refractivity contribution in [3.05, 3.63) is 26.8 Å². The van der Waals surface area contributed by atoms with Crippen molar-refractivity contribution < 1.29 is 14.7 Å². The number of hydrogen-bond acceptors (Lipinski definition) is 2. The maximum Gasteiger partial charge on any atom is 0.323 e. The van der Waals surface area contributed by atoms with Crippen molar-refractivity contribution in [2.45, 2.75) is 18.9 Å². The second-order valence-corrected chi connectivity index (χ2v) is 5.96. The third kappa shape index (κ3) is 3.97. The van der Waals surface area contributed by atoms with Gasteiger partial charge in [0.05, 0.1) is 10.7 Å². The molecule has 1 aromatic carbocycles. The van der Waals surface area contributed by atoms with Gasteiger partial charge < -0.3 is 15.3 Å². The lowest BCUT2D eigenvalue weighted by molar-refractivity contribution is -0.137. The molecule has 0 aromatic heterocycles. The summed E-state index contributed by atoms with van der Waals surface area (Å²) in [7, 11) is 0. The molecule has 5 nitrogen and oxygen atoms in total. The van der Waals surface area contributed by atoms with Gasteiger partial charge in [-0.3, -0.25) is 4.79 Å². The molecule has 0 heterocycles. The van der Waals surface area contributed by atoms with Gasteiger partial charge >= 0.3 is 12.0 Å². The Morgan fingerprint density at radius 1 is 1.47 bits per heavy atom. The predicted octanol–water partition coefficient (Wildman–Crippen LogP) is 3.03. The highest BCUT2D eigenvalue weighted by atomic mass is 127. The van der Waals surface area contributed by atoms with Gasteiger partial charge in [0, 0.05) is 9.61 Å². The van der Waals surface area contributed by atoms with Crippen LogP contribution in [0.5, 0.6) is 0 Å². The smallest absolute Gasteiger partial charge is 0.323 e. The van der Waals surface area contributed by atoms with Gasteiger partial charge in [-0.05, 0) is 53.6 Å². The van der Waals surface area contributed by atoms with Gasteiger partial charge in [0.15, 0.2) is 0 Å². The highest BCUT2D eigenvalue weighted by Gasteiger charge is 2.34. The fourth-order valence-electron chi connectivity index (χ4n) is 1.68. The Morgan fingerprint density at radius 2 is 2.16 bits per heavy atom. The highest BCUT2D eigenvalue weighted by molar-refractivity contribution is 14.1. The lowest BCUT2D eigenvalue weighted by Gasteiger charge is -2.21. The number of carboxylic acids is 1. The summed E-state index contributed by atoms with van der Waals surface area (Å²) in [6, 6.07) is 4.86. The fourth-order valence-corrected chi connectivity index (χ4v) is 2.58. The standard InChI is InChI=1S/C12H12ClIN2O3/c13-9-5-7(14)1-4-10(9)15-12(19)16(6-11(17)18)8-2-3-8/h1,4-5,8H,2-3,6H2,(H,15,19)(H,17,18). The molecule has 19 heavy (non-hydrogen) atoms. The monoisotopic (exact) mass is 394 g/mol. The summed E-state index contributed by atoms with van der Waals surface area (Å²) >= 11 is 8.15. The molecule has 2 rings (SSSR count).